The number of aliphatic hydroxyl groups is 1. The summed E-state index contributed by atoms with van der Waals surface area (Å²) < 4.78 is 13.7. The third kappa shape index (κ3) is 2.64. The molecule has 1 heterocycles. The molecule has 0 aliphatic carbocycles. The van der Waals surface area contributed by atoms with Gasteiger partial charge in [0.2, 0.25) is 0 Å². The Morgan fingerprint density at radius 3 is 2.89 bits per heavy atom. The molecular formula is C12H11ClFN3O. The minimum absolute atomic E-state index is 0.00147. The number of nitrogens with two attached hydrogens (primary N) is 1. The van der Waals surface area contributed by atoms with Crippen LogP contribution in [0.4, 0.5) is 4.39 Å². The standard InChI is InChI=1S/C12H11ClFN3O/c13-7-1-2-9(14)8(5-7)10-3-4-16-12(17-10)11(18)6-15/h1-5,11,18H,6,15H2. The maximum atomic E-state index is 13.7. The molecule has 18 heavy (non-hydrogen) atoms. The molecule has 1 aromatic carbocycles. The summed E-state index contributed by atoms with van der Waals surface area (Å²) in [6, 6.07) is 5.73. The molecule has 2 aromatic rings. The van der Waals surface area contributed by atoms with Gasteiger partial charge in [-0.05, 0) is 24.3 Å². The summed E-state index contributed by atoms with van der Waals surface area (Å²) in [6.07, 6.45) is 0.476. The van der Waals surface area contributed by atoms with E-state index in [0.29, 0.717) is 10.7 Å². The summed E-state index contributed by atoms with van der Waals surface area (Å²) in [5.74, 6) is -0.277. The van der Waals surface area contributed by atoms with Gasteiger partial charge < -0.3 is 10.8 Å². The second kappa shape index (κ2) is 5.39. The molecule has 0 aliphatic heterocycles. The zero-order valence-electron chi connectivity index (χ0n) is 9.35. The van der Waals surface area contributed by atoms with Gasteiger partial charge in [0.1, 0.15) is 11.9 Å². The van der Waals surface area contributed by atoms with Crippen LogP contribution in [0, 0.1) is 5.82 Å². The number of nitrogens with zero attached hydrogens (tertiary/aromatic N) is 2. The van der Waals surface area contributed by atoms with Crippen LogP contribution in [0.1, 0.15) is 11.9 Å². The van der Waals surface area contributed by atoms with Crippen LogP contribution in [0.5, 0.6) is 0 Å². The number of aliphatic hydroxyl groups excluding tert-OH is 1. The number of aromatic nitrogens is 2. The van der Waals surface area contributed by atoms with Gasteiger partial charge in [-0.25, -0.2) is 14.4 Å². The number of hydrogen-bond acceptors (Lipinski definition) is 4. The monoisotopic (exact) mass is 267 g/mol. The second-order valence-electron chi connectivity index (χ2n) is 3.68. The largest absolute Gasteiger partial charge is 0.384 e. The molecule has 94 valence electrons. The Morgan fingerprint density at radius 1 is 1.39 bits per heavy atom. The van der Waals surface area contributed by atoms with Crippen molar-refractivity contribution in [3.05, 3.63) is 47.1 Å². The molecule has 0 saturated heterocycles. The second-order valence-corrected chi connectivity index (χ2v) is 4.11. The third-order valence-electron chi connectivity index (χ3n) is 2.40. The molecule has 0 fully saturated rings. The van der Waals surface area contributed by atoms with E-state index in [4.69, 9.17) is 17.3 Å². The normalized spacial score (nSPS) is 12.4. The van der Waals surface area contributed by atoms with E-state index in [-0.39, 0.29) is 17.9 Å². The first kappa shape index (κ1) is 12.9. The summed E-state index contributed by atoms with van der Waals surface area (Å²) in [5.41, 5.74) is 5.94. The molecule has 4 nitrogen and oxygen atoms in total. The molecule has 0 bridgehead atoms. The Balaban J connectivity index is 2.47. The highest BCUT2D eigenvalue weighted by molar-refractivity contribution is 6.30. The van der Waals surface area contributed by atoms with Gasteiger partial charge in [0, 0.05) is 23.3 Å². The van der Waals surface area contributed by atoms with Gasteiger partial charge in [0.05, 0.1) is 5.69 Å². The molecule has 1 aromatic heterocycles. The number of halogens is 2. The number of benzene rings is 1. The highest BCUT2D eigenvalue weighted by atomic mass is 35.5. The maximum Gasteiger partial charge on any atom is 0.158 e. The van der Waals surface area contributed by atoms with E-state index >= 15 is 0 Å². The van der Waals surface area contributed by atoms with Crippen molar-refractivity contribution in [1.82, 2.24) is 9.97 Å². The highest BCUT2D eigenvalue weighted by Gasteiger charge is 2.12. The first-order chi connectivity index (χ1) is 8.61. The maximum absolute atomic E-state index is 13.7. The molecular weight excluding hydrogens is 257 g/mol. The smallest absolute Gasteiger partial charge is 0.158 e. The Kier molecular flexibility index (Phi) is 3.86. The van der Waals surface area contributed by atoms with E-state index < -0.39 is 11.9 Å². The van der Waals surface area contributed by atoms with Gasteiger partial charge >= 0.3 is 0 Å². The molecule has 6 heteroatoms. The van der Waals surface area contributed by atoms with Gasteiger partial charge in [-0.15, -0.1) is 0 Å². The lowest BCUT2D eigenvalue weighted by Gasteiger charge is -2.08. The zero-order chi connectivity index (χ0) is 13.1. The van der Waals surface area contributed by atoms with Gasteiger partial charge in [-0.3, -0.25) is 0 Å². The Morgan fingerprint density at radius 2 is 2.17 bits per heavy atom. The number of rotatable bonds is 3. The molecule has 1 unspecified atom stereocenters. The number of hydrogen-bond donors (Lipinski definition) is 2. The zero-order valence-corrected chi connectivity index (χ0v) is 10.1. The van der Waals surface area contributed by atoms with Crippen molar-refractivity contribution >= 4 is 11.6 Å². The van der Waals surface area contributed by atoms with Crippen molar-refractivity contribution in [2.75, 3.05) is 6.54 Å². The Labute approximate surface area is 108 Å². The van der Waals surface area contributed by atoms with E-state index in [0.717, 1.165) is 0 Å². The van der Waals surface area contributed by atoms with Gasteiger partial charge in [-0.2, -0.15) is 0 Å². The highest BCUT2D eigenvalue weighted by Crippen LogP contribution is 2.24. The van der Waals surface area contributed by atoms with Crippen molar-refractivity contribution in [1.29, 1.82) is 0 Å². The average Bonchev–Trinajstić information content (AvgIpc) is 2.40. The molecule has 2 rings (SSSR count). The lowest BCUT2D eigenvalue weighted by molar-refractivity contribution is 0.176. The van der Waals surface area contributed by atoms with Crippen molar-refractivity contribution in [2.45, 2.75) is 6.10 Å². The van der Waals surface area contributed by atoms with Gasteiger partial charge in [-0.1, -0.05) is 11.6 Å². The summed E-state index contributed by atoms with van der Waals surface area (Å²) in [4.78, 5) is 7.97. The van der Waals surface area contributed by atoms with Gasteiger partial charge in [0.15, 0.2) is 5.82 Å². The fourth-order valence-corrected chi connectivity index (χ4v) is 1.66. The van der Waals surface area contributed by atoms with Crippen LogP contribution in [-0.4, -0.2) is 21.6 Å². The Hall–Kier alpha value is -1.56. The van der Waals surface area contributed by atoms with E-state index in [1.807, 2.05) is 0 Å². The van der Waals surface area contributed by atoms with E-state index in [9.17, 15) is 9.50 Å². The molecule has 3 N–H and O–H groups in total. The SMILES string of the molecule is NCC(O)c1nccc(-c2cc(Cl)ccc2F)n1. The molecule has 0 saturated carbocycles. The van der Waals surface area contributed by atoms with Crippen molar-refractivity contribution in [3.8, 4) is 11.3 Å². The fraction of sp³-hybridized carbons (Fsp3) is 0.167. The van der Waals surface area contributed by atoms with Crippen LogP contribution in [0.15, 0.2) is 30.5 Å². The van der Waals surface area contributed by atoms with E-state index in [1.54, 1.807) is 6.07 Å². The molecule has 0 spiro atoms. The summed E-state index contributed by atoms with van der Waals surface area (Å²) >= 11 is 5.82. The summed E-state index contributed by atoms with van der Waals surface area (Å²) in [5, 5.41) is 9.96. The van der Waals surface area contributed by atoms with Crippen LogP contribution >= 0.6 is 11.6 Å². The van der Waals surface area contributed by atoms with E-state index in [1.165, 1.54) is 24.4 Å². The van der Waals surface area contributed by atoms with Crippen LogP contribution in [-0.2, 0) is 0 Å². The predicted molar refractivity (Wildman–Crippen MR) is 66.5 cm³/mol. The quantitative estimate of drug-likeness (QED) is 0.891. The topological polar surface area (TPSA) is 72.0 Å². The lowest BCUT2D eigenvalue weighted by atomic mass is 10.1. The summed E-state index contributed by atoms with van der Waals surface area (Å²) in [7, 11) is 0. The minimum atomic E-state index is -0.966. The molecule has 0 aliphatic rings. The molecule has 0 radical (unpaired) electrons. The van der Waals surface area contributed by atoms with Crippen molar-refractivity contribution in [3.63, 3.8) is 0 Å². The van der Waals surface area contributed by atoms with Crippen LogP contribution in [0.2, 0.25) is 5.02 Å². The van der Waals surface area contributed by atoms with Crippen LogP contribution < -0.4 is 5.73 Å². The molecule has 0 amide bonds. The fourth-order valence-electron chi connectivity index (χ4n) is 1.48. The van der Waals surface area contributed by atoms with Crippen LogP contribution in [0.3, 0.4) is 0 Å². The van der Waals surface area contributed by atoms with E-state index in [2.05, 4.69) is 9.97 Å². The average molecular weight is 268 g/mol. The van der Waals surface area contributed by atoms with Crippen molar-refractivity contribution < 1.29 is 9.50 Å². The van der Waals surface area contributed by atoms with Crippen molar-refractivity contribution in [2.24, 2.45) is 5.73 Å². The first-order valence-corrected chi connectivity index (χ1v) is 5.66. The van der Waals surface area contributed by atoms with Gasteiger partial charge in [0.25, 0.3) is 0 Å². The molecule has 1 atom stereocenters. The van der Waals surface area contributed by atoms with Crippen LogP contribution in [0.25, 0.3) is 11.3 Å². The first-order valence-electron chi connectivity index (χ1n) is 5.28. The third-order valence-corrected chi connectivity index (χ3v) is 2.63. The minimum Gasteiger partial charge on any atom is -0.384 e. The lowest BCUT2D eigenvalue weighted by Crippen LogP contribution is -2.14. The predicted octanol–water partition coefficient (Wildman–Crippen LogP) is 1.93. The Bertz CT molecular complexity index is 565. The summed E-state index contributed by atoms with van der Waals surface area (Å²) in [6.45, 7) is 0.00147.